The van der Waals surface area contributed by atoms with Gasteiger partial charge in [0.05, 0.1) is 0 Å². The van der Waals surface area contributed by atoms with Gasteiger partial charge >= 0.3 is 6.09 Å². The highest BCUT2D eigenvalue weighted by Gasteiger charge is 2.06. The lowest BCUT2D eigenvalue weighted by molar-refractivity contribution is 0.203. The van der Waals surface area contributed by atoms with Crippen LogP contribution in [-0.2, 0) is 6.42 Å². The van der Waals surface area contributed by atoms with E-state index in [9.17, 15) is 4.79 Å². The van der Waals surface area contributed by atoms with Crippen molar-refractivity contribution in [3.8, 4) is 5.75 Å². The zero-order valence-corrected chi connectivity index (χ0v) is 9.62. The number of hydrogen-bond acceptors (Lipinski definition) is 3. The highest BCUT2D eigenvalue weighted by Crippen LogP contribution is 2.24. The fraction of sp³-hybridized carbons (Fsp3) is 0.250. The van der Waals surface area contributed by atoms with Gasteiger partial charge in [-0.05, 0) is 36.7 Å². The maximum Gasteiger partial charge on any atom is 0.412 e. The number of aromatic nitrogens is 1. The van der Waals surface area contributed by atoms with Crippen molar-refractivity contribution in [2.45, 2.75) is 6.42 Å². The van der Waals surface area contributed by atoms with E-state index < -0.39 is 6.09 Å². The van der Waals surface area contributed by atoms with E-state index >= 15 is 0 Å². The van der Waals surface area contributed by atoms with Crippen LogP contribution in [0.3, 0.4) is 0 Å². The third-order valence-corrected chi connectivity index (χ3v) is 2.57. The van der Waals surface area contributed by atoms with Crippen molar-refractivity contribution in [1.82, 2.24) is 10.3 Å². The molecule has 0 atom stereocenters. The fourth-order valence-corrected chi connectivity index (χ4v) is 1.74. The predicted molar refractivity (Wildman–Crippen MR) is 66.1 cm³/mol. The second kappa shape index (κ2) is 4.88. The van der Waals surface area contributed by atoms with Gasteiger partial charge in [0, 0.05) is 24.1 Å². The summed E-state index contributed by atoms with van der Waals surface area (Å²) in [5.74, 6) is 0.523. The Morgan fingerprint density at radius 2 is 2.35 bits per heavy atom. The number of aromatic amines is 1. The average molecular weight is 233 g/mol. The summed E-state index contributed by atoms with van der Waals surface area (Å²) in [6, 6.07) is 5.47. The smallest absolute Gasteiger partial charge is 0.410 e. The molecule has 1 heterocycles. The van der Waals surface area contributed by atoms with Crippen LogP contribution in [0, 0.1) is 0 Å². The molecule has 5 heteroatoms. The Kier molecular flexibility index (Phi) is 3.30. The molecule has 0 unspecified atom stereocenters. The molecular weight excluding hydrogens is 218 g/mol. The standard InChI is InChI=1S/C12H15N3O2/c1-14-12(16)17-9-2-3-11-10(6-9)8(4-5-13)7-15-11/h2-3,6-7,15H,4-5,13H2,1H3,(H,14,16). The Morgan fingerprint density at radius 3 is 3.06 bits per heavy atom. The summed E-state index contributed by atoms with van der Waals surface area (Å²) in [5.41, 5.74) is 7.68. The lowest BCUT2D eigenvalue weighted by atomic mass is 10.1. The van der Waals surface area contributed by atoms with E-state index in [-0.39, 0.29) is 0 Å². The molecule has 5 nitrogen and oxygen atoms in total. The molecule has 2 rings (SSSR count). The highest BCUT2D eigenvalue weighted by atomic mass is 16.5. The molecule has 0 saturated carbocycles. The second-order valence-electron chi connectivity index (χ2n) is 3.70. The summed E-state index contributed by atoms with van der Waals surface area (Å²) in [5, 5.41) is 3.44. The van der Waals surface area contributed by atoms with Crippen LogP contribution in [0.4, 0.5) is 4.79 Å². The first-order chi connectivity index (χ1) is 8.24. The molecule has 0 spiro atoms. The van der Waals surface area contributed by atoms with Crippen LogP contribution in [0.15, 0.2) is 24.4 Å². The van der Waals surface area contributed by atoms with Crippen LogP contribution >= 0.6 is 0 Å². The number of carbonyl (C=O) groups is 1. The summed E-state index contributed by atoms with van der Waals surface area (Å²) in [6.45, 7) is 0.591. The van der Waals surface area contributed by atoms with Crippen molar-refractivity contribution in [3.63, 3.8) is 0 Å². The van der Waals surface area contributed by atoms with Gasteiger partial charge in [0.25, 0.3) is 0 Å². The molecule has 0 bridgehead atoms. The quantitative estimate of drug-likeness (QED) is 0.749. The van der Waals surface area contributed by atoms with E-state index in [4.69, 9.17) is 10.5 Å². The Bertz CT molecular complexity index is 534. The third kappa shape index (κ3) is 2.39. The third-order valence-electron chi connectivity index (χ3n) is 2.57. The normalized spacial score (nSPS) is 10.5. The van der Waals surface area contributed by atoms with E-state index in [1.165, 1.54) is 7.05 Å². The molecule has 1 amide bonds. The molecular formula is C12H15N3O2. The Morgan fingerprint density at radius 1 is 1.53 bits per heavy atom. The van der Waals surface area contributed by atoms with E-state index in [1.54, 1.807) is 6.07 Å². The molecule has 0 saturated heterocycles. The van der Waals surface area contributed by atoms with Gasteiger partial charge in [0.15, 0.2) is 0 Å². The number of fused-ring (bicyclic) bond motifs is 1. The Balaban J connectivity index is 2.33. The summed E-state index contributed by atoms with van der Waals surface area (Å²) < 4.78 is 5.08. The lowest BCUT2D eigenvalue weighted by Gasteiger charge is -2.03. The Labute approximate surface area is 98.9 Å². The highest BCUT2D eigenvalue weighted by molar-refractivity contribution is 5.85. The molecule has 17 heavy (non-hydrogen) atoms. The van der Waals surface area contributed by atoms with Gasteiger partial charge in [-0.25, -0.2) is 4.79 Å². The van der Waals surface area contributed by atoms with E-state index in [0.29, 0.717) is 12.3 Å². The minimum absolute atomic E-state index is 0.472. The van der Waals surface area contributed by atoms with Crippen LogP contribution in [0.2, 0.25) is 0 Å². The van der Waals surface area contributed by atoms with Gasteiger partial charge in [-0.1, -0.05) is 0 Å². The van der Waals surface area contributed by atoms with Crippen molar-refractivity contribution < 1.29 is 9.53 Å². The van der Waals surface area contributed by atoms with Gasteiger partial charge < -0.3 is 20.8 Å². The lowest BCUT2D eigenvalue weighted by Crippen LogP contribution is -2.21. The number of nitrogens with one attached hydrogen (secondary N) is 2. The second-order valence-corrected chi connectivity index (χ2v) is 3.70. The van der Waals surface area contributed by atoms with Gasteiger partial charge in [0.2, 0.25) is 0 Å². The molecule has 1 aromatic carbocycles. The first kappa shape index (κ1) is 11.5. The molecule has 0 fully saturated rings. The predicted octanol–water partition coefficient (Wildman–Crippen LogP) is 1.39. The number of benzene rings is 1. The van der Waals surface area contributed by atoms with Gasteiger partial charge in [-0.2, -0.15) is 0 Å². The molecule has 0 radical (unpaired) electrons. The molecule has 4 N–H and O–H groups in total. The number of rotatable bonds is 3. The Hall–Kier alpha value is -2.01. The molecule has 0 aliphatic carbocycles. The SMILES string of the molecule is CNC(=O)Oc1ccc2[nH]cc(CCN)c2c1. The van der Waals surface area contributed by atoms with Crippen molar-refractivity contribution in [2.24, 2.45) is 5.73 Å². The van der Waals surface area contributed by atoms with Crippen molar-refractivity contribution in [3.05, 3.63) is 30.0 Å². The van der Waals surface area contributed by atoms with Crippen LogP contribution < -0.4 is 15.8 Å². The van der Waals surface area contributed by atoms with Gasteiger partial charge in [-0.3, -0.25) is 0 Å². The molecule has 0 aliphatic heterocycles. The minimum Gasteiger partial charge on any atom is -0.410 e. The van der Waals surface area contributed by atoms with Crippen LogP contribution in [0.5, 0.6) is 5.75 Å². The maximum atomic E-state index is 11.1. The van der Waals surface area contributed by atoms with E-state index in [0.717, 1.165) is 22.9 Å². The van der Waals surface area contributed by atoms with Crippen LogP contribution in [-0.4, -0.2) is 24.7 Å². The molecule has 2 aromatic rings. The van der Waals surface area contributed by atoms with Crippen LogP contribution in [0.25, 0.3) is 10.9 Å². The largest absolute Gasteiger partial charge is 0.412 e. The molecule has 1 aromatic heterocycles. The summed E-state index contributed by atoms with van der Waals surface area (Å²) in [6.07, 6.45) is 2.25. The zero-order chi connectivity index (χ0) is 12.3. The molecule has 90 valence electrons. The zero-order valence-electron chi connectivity index (χ0n) is 9.62. The van der Waals surface area contributed by atoms with Gasteiger partial charge in [-0.15, -0.1) is 0 Å². The minimum atomic E-state index is -0.472. The average Bonchev–Trinajstić information content (AvgIpc) is 2.73. The number of nitrogens with two attached hydrogens (primary N) is 1. The number of carbonyl (C=O) groups excluding carboxylic acids is 1. The monoisotopic (exact) mass is 233 g/mol. The van der Waals surface area contributed by atoms with Crippen molar-refractivity contribution in [1.29, 1.82) is 0 Å². The number of hydrogen-bond donors (Lipinski definition) is 3. The number of amides is 1. The first-order valence-electron chi connectivity index (χ1n) is 5.44. The molecule has 0 aliphatic rings. The van der Waals surface area contributed by atoms with Crippen LogP contribution in [0.1, 0.15) is 5.56 Å². The van der Waals surface area contributed by atoms with Crippen molar-refractivity contribution in [2.75, 3.05) is 13.6 Å². The van der Waals surface area contributed by atoms with Gasteiger partial charge in [0.1, 0.15) is 5.75 Å². The fourth-order valence-electron chi connectivity index (χ4n) is 1.74. The summed E-state index contributed by atoms with van der Waals surface area (Å²) in [7, 11) is 1.52. The number of ether oxygens (including phenoxy) is 1. The number of H-pyrrole nitrogens is 1. The van der Waals surface area contributed by atoms with E-state index in [1.807, 2.05) is 18.3 Å². The summed E-state index contributed by atoms with van der Waals surface area (Å²) >= 11 is 0. The maximum absolute atomic E-state index is 11.1. The topological polar surface area (TPSA) is 80.1 Å². The van der Waals surface area contributed by atoms with Crippen molar-refractivity contribution >= 4 is 17.0 Å². The first-order valence-corrected chi connectivity index (χ1v) is 5.44. The summed E-state index contributed by atoms with van der Waals surface area (Å²) in [4.78, 5) is 14.3. The van der Waals surface area contributed by atoms with E-state index in [2.05, 4.69) is 10.3 Å².